The first-order chi connectivity index (χ1) is 8.73. The predicted octanol–water partition coefficient (Wildman–Crippen LogP) is 1.29. The lowest BCUT2D eigenvalue weighted by Gasteiger charge is -2.52. The third kappa shape index (κ3) is 1.35. The number of fused-ring (bicyclic) bond motifs is 1. The van der Waals surface area contributed by atoms with E-state index in [0.717, 1.165) is 12.8 Å². The second-order valence-electron chi connectivity index (χ2n) is 6.15. The Morgan fingerprint density at radius 1 is 1.33 bits per heavy atom. The molecule has 1 N–H and O–H groups in total. The summed E-state index contributed by atoms with van der Waals surface area (Å²) in [7, 11) is 1.65. The first-order valence-corrected chi connectivity index (χ1v) is 6.92. The number of methoxy groups -OCH3 is 1. The molecule has 0 aromatic rings. The maximum Gasteiger partial charge on any atom is 0.169 e. The lowest BCUT2D eigenvalue weighted by Crippen LogP contribution is -2.55. The van der Waals surface area contributed by atoms with Gasteiger partial charge in [-0.3, -0.25) is 0 Å². The van der Waals surface area contributed by atoms with Gasteiger partial charge in [0.1, 0.15) is 6.79 Å². The minimum atomic E-state index is -0.852. The van der Waals surface area contributed by atoms with Gasteiger partial charge in [-0.15, -0.1) is 0 Å². The van der Waals surface area contributed by atoms with Gasteiger partial charge in [0.05, 0.1) is 12.2 Å². The second kappa shape index (κ2) is 3.79. The maximum atomic E-state index is 10.6. The molecule has 0 spiro atoms. The summed E-state index contributed by atoms with van der Waals surface area (Å²) in [5.74, 6) is 0.916. The number of hydrogen-bond acceptors (Lipinski definition) is 4. The van der Waals surface area contributed by atoms with Crippen LogP contribution in [0.3, 0.4) is 0 Å². The summed E-state index contributed by atoms with van der Waals surface area (Å²) in [5, 5.41) is 10.6. The lowest BCUT2D eigenvalue weighted by molar-refractivity contribution is -0.241. The minimum Gasteiger partial charge on any atom is -0.365 e. The van der Waals surface area contributed by atoms with E-state index in [4.69, 9.17) is 14.2 Å². The lowest BCUT2D eigenvalue weighted by atomic mass is 9.54. The van der Waals surface area contributed by atoms with Gasteiger partial charge in [-0.2, -0.15) is 0 Å². The fraction of sp³-hybridized carbons (Fsp3) is 0.857. The van der Waals surface area contributed by atoms with Crippen molar-refractivity contribution in [3.63, 3.8) is 0 Å². The molecule has 4 nitrogen and oxygen atoms in total. The zero-order chi connectivity index (χ0) is 12.3. The van der Waals surface area contributed by atoms with Crippen LogP contribution in [0.5, 0.6) is 0 Å². The van der Waals surface area contributed by atoms with Crippen molar-refractivity contribution in [2.24, 2.45) is 23.7 Å². The Labute approximate surface area is 107 Å². The van der Waals surface area contributed by atoms with Crippen molar-refractivity contribution >= 4 is 0 Å². The second-order valence-corrected chi connectivity index (χ2v) is 6.15. The molecule has 1 heterocycles. The van der Waals surface area contributed by atoms with Crippen molar-refractivity contribution < 1.29 is 19.3 Å². The Balaban J connectivity index is 1.66. The molecule has 3 saturated carbocycles. The van der Waals surface area contributed by atoms with E-state index in [9.17, 15) is 5.11 Å². The quantitative estimate of drug-likeness (QED) is 0.607. The van der Waals surface area contributed by atoms with Gasteiger partial charge in [0.2, 0.25) is 0 Å². The van der Waals surface area contributed by atoms with Crippen molar-refractivity contribution in [2.75, 3.05) is 13.9 Å². The molecule has 4 heteroatoms. The summed E-state index contributed by atoms with van der Waals surface area (Å²) < 4.78 is 16.7. The van der Waals surface area contributed by atoms with Crippen LogP contribution in [0.4, 0.5) is 0 Å². The summed E-state index contributed by atoms with van der Waals surface area (Å²) in [6.07, 6.45) is 7.50. The average molecular weight is 252 g/mol. The number of ether oxygens (including phenoxy) is 3. The molecule has 4 fully saturated rings. The van der Waals surface area contributed by atoms with Gasteiger partial charge in [0, 0.05) is 25.4 Å². The third-order valence-corrected chi connectivity index (χ3v) is 5.40. The van der Waals surface area contributed by atoms with E-state index in [1.54, 1.807) is 7.11 Å². The van der Waals surface area contributed by atoms with Crippen molar-refractivity contribution in [1.29, 1.82) is 0 Å². The Morgan fingerprint density at radius 2 is 2.22 bits per heavy atom. The van der Waals surface area contributed by atoms with Crippen LogP contribution in [0.2, 0.25) is 0 Å². The van der Waals surface area contributed by atoms with Crippen molar-refractivity contribution in [3.8, 4) is 0 Å². The Morgan fingerprint density at radius 3 is 3.06 bits per heavy atom. The molecule has 0 aromatic carbocycles. The topological polar surface area (TPSA) is 47.9 Å². The van der Waals surface area contributed by atoms with Crippen LogP contribution in [0.1, 0.15) is 19.3 Å². The largest absolute Gasteiger partial charge is 0.365 e. The molecule has 1 aliphatic heterocycles. The summed E-state index contributed by atoms with van der Waals surface area (Å²) in [6, 6.07) is 0. The van der Waals surface area contributed by atoms with Crippen LogP contribution in [0.25, 0.3) is 0 Å². The van der Waals surface area contributed by atoms with Crippen LogP contribution in [0.15, 0.2) is 12.2 Å². The zero-order valence-corrected chi connectivity index (χ0v) is 10.6. The van der Waals surface area contributed by atoms with E-state index in [-0.39, 0.29) is 12.2 Å². The molecule has 0 unspecified atom stereocenters. The first-order valence-electron chi connectivity index (χ1n) is 6.92. The highest BCUT2D eigenvalue weighted by Crippen LogP contribution is 2.62. The minimum absolute atomic E-state index is 0.0951. The Kier molecular flexibility index (Phi) is 2.40. The first kappa shape index (κ1) is 11.4. The number of hydrogen-bond donors (Lipinski definition) is 1. The molecule has 7 atom stereocenters. The normalized spacial score (nSPS) is 56.1. The predicted molar refractivity (Wildman–Crippen MR) is 63.5 cm³/mol. The fourth-order valence-electron chi connectivity index (χ4n) is 4.87. The van der Waals surface area contributed by atoms with Crippen molar-refractivity contribution in [1.82, 2.24) is 0 Å². The van der Waals surface area contributed by atoms with Gasteiger partial charge in [-0.25, -0.2) is 0 Å². The van der Waals surface area contributed by atoms with E-state index in [0.29, 0.717) is 30.5 Å². The number of aliphatic hydroxyl groups is 1. The van der Waals surface area contributed by atoms with Crippen molar-refractivity contribution in [3.05, 3.63) is 12.2 Å². The summed E-state index contributed by atoms with van der Waals surface area (Å²) in [5.41, 5.74) is 0. The molecule has 4 bridgehead atoms. The van der Waals surface area contributed by atoms with Crippen LogP contribution < -0.4 is 0 Å². The third-order valence-electron chi connectivity index (χ3n) is 5.40. The fourth-order valence-corrected chi connectivity index (χ4v) is 4.87. The van der Waals surface area contributed by atoms with Crippen LogP contribution in [-0.4, -0.2) is 37.0 Å². The maximum absolute atomic E-state index is 10.6. The van der Waals surface area contributed by atoms with E-state index in [1.165, 1.54) is 6.42 Å². The van der Waals surface area contributed by atoms with Crippen molar-refractivity contribution in [2.45, 2.75) is 37.3 Å². The van der Waals surface area contributed by atoms with Gasteiger partial charge < -0.3 is 19.3 Å². The SMILES string of the molecule is COCO[C@H]1C=C[C@H]2O[C@@]3(O)C[C@@H]4CC[C@H]3[C@H]2[C@@H]41. The van der Waals surface area contributed by atoms with Gasteiger partial charge >= 0.3 is 0 Å². The van der Waals surface area contributed by atoms with Crippen LogP contribution in [0, 0.1) is 23.7 Å². The highest BCUT2D eigenvalue weighted by molar-refractivity contribution is 5.20. The molecule has 4 aliphatic carbocycles. The number of rotatable bonds is 3. The molecule has 100 valence electrons. The molecule has 0 amide bonds. The average Bonchev–Trinajstić information content (AvgIpc) is 2.64. The highest BCUT2D eigenvalue weighted by Gasteiger charge is 2.66. The smallest absolute Gasteiger partial charge is 0.169 e. The van der Waals surface area contributed by atoms with Gasteiger partial charge in [-0.1, -0.05) is 12.2 Å². The molecule has 0 aromatic heterocycles. The molecular weight excluding hydrogens is 232 g/mol. The molecular formula is C14H20O4. The van der Waals surface area contributed by atoms with Gasteiger partial charge in [0.25, 0.3) is 0 Å². The zero-order valence-electron chi connectivity index (χ0n) is 10.6. The summed E-state index contributed by atoms with van der Waals surface area (Å²) in [6.45, 7) is 0.339. The van der Waals surface area contributed by atoms with Crippen LogP contribution >= 0.6 is 0 Å². The Hall–Kier alpha value is -0.420. The van der Waals surface area contributed by atoms with E-state index < -0.39 is 5.79 Å². The molecule has 5 rings (SSSR count). The summed E-state index contributed by atoms with van der Waals surface area (Å²) in [4.78, 5) is 0. The van der Waals surface area contributed by atoms with E-state index in [1.807, 2.05) is 0 Å². The monoisotopic (exact) mass is 252 g/mol. The Bertz CT molecular complexity index is 382. The molecule has 1 saturated heterocycles. The summed E-state index contributed by atoms with van der Waals surface area (Å²) >= 11 is 0. The molecule has 0 radical (unpaired) electrons. The standard InChI is InChI=1S/C14H20O4/c1-16-7-17-10-4-5-11-13-9-3-2-8(12(10)13)6-14(9,15)18-11/h4-5,8-13,15H,2-3,6-7H2,1H3/t8-,9-,10-,11+,12-,13+,14-/m0/s1. The van der Waals surface area contributed by atoms with E-state index >= 15 is 0 Å². The van der Waals surface area contributed by atoms with Crippen LogP contribution in [-0.2, 0) is 14.2 Å². The molecule has 5 aliphatic rings. The molecule has 18 heavy (non-hydrogen) atoms. The van der Waals surface area contributed by atoms with Gasteiger partial charge in [0.15, 0.2) is 5.79 Å². The highest BCUT2D eigenvalue weighted by atomic mass is 16.7. The van der Waals surface area contributed by atoms with E-state index in [2.05, 4.69) is 12.2 Å². The van der Waals surface area contributed by atoms with Gasteiger partial charge in [-0.05, 0) is 24.7 Å².